The summed E-state index contributed by atoms with van der Waals surface area (Å²) in [4.78, 5) is 31.9. The Morgan fingerprint density at radius 3 is 2.85 bits per heavy atom. The van der Waals surface area contributed by atoms with Gasteiger partial charge in [0.2, 0.25) is 5.91 Å². The first kappa shape index (κ1) is 19.0. The van der Waals surface area contributed by atoms with Gasteiger partial charge in [-0.25, -0.2) is 4.79 Å². The number of carbonyl (C=O) groups excluding carboxylic acids is 1. The molecule has 27 heavy (non-hydrogen) atoms. The van der Waals surface area contributed by atoms with Gasteiger partial charge in [0.1, 0.15) is 0 Å². The third kappa shape index (κ3) is 5.37. The van der Waals surface area contributed by atoms with Crippen LogP contribution in [0.5, 0.6) is 0 Å². The van der Waals surface area contributed by atoms with Crippen LogP contribution in [-0.4, -0.2) is 58.4 Å². The number of benzene rings is 1. The summed E-state index contributed by atoms with van der Waals surface area (Å²) in [7, 11) is 1.93. The van der Waals surface area contributed by atoms with Crippen LogP contribution in [0, 0.1) is 5.92 Å². The van der Waals surface area contributed by atoms with E-state index in [0.29, 0.717) is 24.6 Å². The number of rotatable bonds is 7. The van der Waals surface area contributed by atoms with E-state index in [9.17, 15) is 9.59 Å². The molecule has 1 amide bonds. The topological polar surface area (TPSA) is 73.7 Å². The maximum atomic E-state index is 12.6. The number of hydrogen-bond donors (Lipinski definition) is 1. The van der Waals surface area contributed by atoms with Crippen LogP contribution < -0.4 is 0 Å². The molecule has 1 N–H and O–H groups in total. The van der Waals surface area contributed by atoms with E-state index in [2.05, 4.69) is 4.98 Å². The molecular weight excluding hydrogens is 342 g/mol. The third-order valence-corrected chi connectivity index (χ3v) is 4.90. The lowest BCUT2D eigenvalue weighted by Gasteiger charge is -2.21. The summed E-state index contributed by atoms with van der Waals surface area (Å²) < 4.78 is 0. The Balaban J connectivity index is 1.49. The van der Waals surface area contributed by atoms with Gasteiger partial charge in [-0.05, 0) is 55.6 Å². The molecule has 6 heteroatoms. The number of pyridine rings is 1. The van der Waals surface area contributed by atoms with Crippen molar-refractivity contribution in [1.29, 1.82) is 0 Å². The smallest absolute Gasteiger partial charge is 0.335 e. The van der Waals surface area contributed by atoms with Crippen molar-refractivity contribution >= 4 is 11.9 Å². The number of aromatic nitrogens is 1. The van der Waals surface area contributed by atoms with Gasteiger partial charge in [-0.2, -0.15) is 0 Å². The zero-order valence-corrected chi connectivity index (χ0v) is 15.5. The number of carbonyl (C=O) groups is 2. The van der Waals surface area contributed by atoms with E-state index in [-0.39, 0.29) is 5.91 Å². The Kier molecular flexibility index (Phi) is 6.19. The van der Waals surface area contributed by atoms with Crippen molar-refractivity contribution in [3.8, 4) is 0 Å². The van der Waals surface area contributed by atoms with Gasteiger partial charge in [0, 0.05) is 25.8 Å². The molecule has 1 aromatic heterocycles. The molecule has 1 unspecified atom stereocenters. The molecule has 0 bridgehead atoms. The van der Waals surface area contributed by atoms with E-state index in [1.807, 2.05) is 41.1 Å². The molecule has 6 nitrogen and oxygen atoms in total. The van der Waals surface area contributed by atoms with Crippen LogP contribution in [0.25, 0.3) is 0 Å². The van der Waals surface area contributed by atoms with Crippen LogP contribution in [0.4, 0.5) is 0 Å². The Labute approximate surface area is 159 Å². The number of nitrogens with zero attached hydrogens (tertiary/aromatic N) is 3. The molecule has 1 aliphatic rings. The fourth-order valence-electron chi connectivity index (χ4n) is 3.55. The summed E-state index contributed by atoms with van der Waals surface area (Å²) in [6.45, 7) is 2.51. The van der Waals surface area contributed by atoms with Crippen molar-refractivity contribution < 1.29 is 14.7 Å². The van der Waals surface area contributed by atoms with E-state index >= 15 is 0 Å². The maximum Gasteiger partial charge on any atom is 0.335 e. The summed E-state index contributed by atoms with van der Waals surface area (Å²) in [5.74, 6) is -0.398. The van der Waals surface area contributed by atoms with Gasteiger partial charge in [0.15, 0.2) is 0 Å². The Morgan fingerprint density at radius 2 is 2.11 bits per heavy atom. The molecule has 0 aliphatic carbocycles. The molecule has 0 spiro atoms. The van der Waals surface area contributed by atoms with Gasteiger partial charge < -0.3 is 10.0 Å². The summed E-state index contributed by atoms with van der Waals surface area (Å²) in [5, 5.41) is 9.11. The number of likely N-dealkylation sites (N-methyl/N-ethyl adjacent to an activating group) is 1. The van der Waals surface area contributed by atoms with Gasteiger partial charge in [0.25, 0.3) is 0 Å². The molecule has 1 aromatic carbocycles. The zero-order valence-electron chi connectivity index (χ0n) is 15.5. The molecule has 2 heterocycles. The predicted octanol–water partition coefficient (Wildman–Crippen LogP) is 2.30. The standard InChI is InChI=1S/C21H25N3O3/c1-23(14-19-7-2-3-9-22-19)15-20(25)24-10-8-17(13-24)11-16-5-4-6-18(12-16)21(26)27/h2-7,9,12,17H,8,10-11,13-15H2,1H3,(H,26,27). The molecule has 142 valence electrons. The minimum atomic E-state index is -0.906. The van der Waals surface area contributed by atoms with Gasteiger partial charge in [-0.1, -0.05) is 18.2 Å². The minimum Gasteiger partial charge on any atom is -0.478 e. The van der Waals surface area contributed by atoms with Crippen molar-refractivity contribution in [2.45, 2.75) is 19.4 Å². The van der Waals surface area contributed by atoms with E-state index in [1.165, 1.54) is 0 Å². The fourth-order valence-corrected chi connectivity index (χ4v) is 3.55. The molecule has 3 rings (SSSR count). The van der Waals surface area contributed by atoms with Crippen molar-refractivity contribution in [3.05, 3.63) is 65.5 Å². The highest BCUT2D eigenvalue weighted by Crippen LogP contribution is 2.21. The van der Waals surface area contributed by atoms with Crippen LogP contribution in [-0.2, 0) is 17.8 Å². The van der Waals surface area contributed by atoms with Crippen LogP contribution in [0.2, 0.25) is 0 Å². The molecule has 0 saturated carbocycles. The van der Waals surface area contributed by atoms with Crippen LogP contribution >= 0.6 is 0 Å². The average Bonchev–Trinajstić information content (AvgIpc) is 3.11. The third-order valence-electron chi connectivity index (χ3n) is 4.90. The highest BCUT2D eigenvalue weighted by atomic mass is 16.4. The SMILES string of the molecule is CN(CC(=O)N1CCC(Cc2cccc(C(=O)O)c2)C1)Cc1ccccn1. The number of amides is 1. The fraction of sp³-hybridized carbons (Fsp3) is 0.381. The van der Waals surface area contributed by atoms with Crippen molar-refractivity contribution in [1.82, 2.24) is 14.8 Å². The second-order valence-electron chi connectivity index (χ2n) is 7.20. The summed E-state index contributed by atoms with van der Waals surface area (Å²) in [5.41, 5.74) is 2.28. The molecule has 0 radical (unpaired) electrons. The summed E-state index contributed by atoms with van der Waals surface area (Å²) >= 11 is 0. The van der Waals surface area contributed by atoms with Gasteiger partial charge in [-0.3, -0.25) is 14.7 Å². The van der Waals surface area contributed by atoms with Gasteiger partial charge in [-0.15, -0.1) is 0 Å². The maximum absolute atomic E-state index is 12.6. The van der Waals surface area contributed by atoms with Crippen molar-refractivity contribution in [2.24, 2.45) is 5.92 Å². The highest BCUT2D eigenvalue weighted by molar-refractivity contribution is 5.87. The average molecular weight is 367 g/mol. The summed E-state index contributed by atoms with van der Waals surface area (Å²) in [6.07, 6.45) is 3.51. The van der Waals surface area contributed by atoms with Crippen LogP contribution in [0.1, 0.15) is 28.0 Å². The highest BCUT2D eigenvalue weighted by Gasteiger charge is 2.27. The lowest BCUT2D eigenvalue weighted by molar-refractivity contribution is -0.131. The van der Waals surface area contributed by atoms with E-state index in [1.54, 1.807) is 24.4 Å². The Hall–Kier alpha value is -2.73. The molecule has 1 saturated heterocycles. The molecular formula is C21H25N3O3. The van der Waals surface area contributed by atoms with Gasteiger partial charge in [0.05, 0.1) is 17.8 Å². The van der Waals surface area contributed by atoms with E-state index < -0.39 is 5.97 Å². The van der Waals surface area contributed by atoms with E-state index in [4.69, 9.17) is 5.11 Å². The Bertz CT molecular complexity index is 794. The number of aromatic carboxylic acids is 1. The number of carboxylic acid groups (broad SMARTS) is 1. The quantitative estimate of drug-likeness (QED) is 0.813. The lowest BCUT2D eigenvalue weighted by atomic mass is 9.97. The predicted molar refractivity (Wildman–Crippen MR) is 102 cm³/mol. The van der Waals surface area contributed by atoms with Crippen molar-refractivity contribution in [3.63, 3.8) is 0 Å². The summed E-state index contributed by atoms with van der Waals surface area (Å²) in [6, 6.07) is 12.9. The monoisotopic (exact) mass is 367 g/mol. The molecule has 1 atom stereocenters. The zero-order chi connectivity index (χ0) is 19.2. The first-order chi connectivity index (χ1) is 13.0. The Morgan fingerprint density at radius 1 is 1.26 bits per heavy atom. The first-order valence-electron chi connectivity index (χ1n) is 9.19. The lowest BCUT2D eigenvalue weighted by Crippen LogP contribution is -2.37. The van der Waals surface area contributed by atoms with Gasteiger partial charge >= 0.3 is 5.97 Å². The molecule has 2 aromatic rings. The normalized spacial score (nSPS) is 16.7. The van der Waals surface area contributed by atoms with E-state index in [0.717, 1.165) is 37.2 Å². The second-order valence-corrected chi connectivity index (χ2v) is 7.20. The second kappa shape index (κ2) is 8.77. The van der Waals surface area contributed by atoms with Crippen LogP contribution in [0.3, 0.4) is 0 Å². The number of hydrogen-bond acceptors (Lipinski definition) is 4. The number of carboxylic acids is 1. The minimum absolute atomic E-state index is 0.134. The number of likely N-dealkylation sites (tertiary alicyclic amines) is 1. The largest absolute Gasteiger partial charge is 0.478 e. The first-order valence-corrected chi connectivity index (χ1v) is 9.19. The molecule has 1 aliphatic heterocycles. The van der Waals surface area contributed by atoms with Crippen LogP contribution in [0.15, 0.2) is 48.7 Å². The van der Waals surface area contributed by atoms with Crippen molar-refractivity contribution in [2.75, 3.05) is 26.7 Å². The molecule has 1 fully saturated rings.